The lowest BCUT2D eigenvalue weighted by atomic mass is 10.1. The first-order chi connectivity index (χ1) is 6.13. The van der Waals surface area contributed by atoms with Crippen molar-refractivity contribution >= 4 is 0 Å². The summed E-state index contributed by atoms with van der Waals surface area (Å²) in [6.07, 6.45) is 3.09. The normalized spacial score (nSPS) is 13.3. The molecule has 0 aliphatic heterocycles. The molecule has 0 radical (unpaired) electrons. The van der Waals surface area contributed by atoms with Crippen LogP contribution in [0.4, 0.5) is 0 Å². The molecule has 0 aliphatic carbocycles. The fourth-order valence-electron chi connectivity index (χ4n) is 1.75. The maximum absolute atomic E-state index is 8.53. The molecule has 13 heavy (non-hydrogen) atoms. The van der Waals surface area contributed by atoms with Gasteiger partial charge in [0.25, 0.3) is 0 Å². The molecule has 2 heteroatoms. The van der Waals surface area contributed by atoms with E-state index in [1.165, 1.54) is 12.8 Å². The van der Waals surface area contributed by atoms with Crippen LogP contribution in [0.15, 0.2) is 0 Å². The molecule has 76 valence electrons. The Balaban J connectivity index is 4.00. The Bertz CT molecular complexity index is 158. The van der Waals surface area contributed by atoms with Crippen LogP contribution in [0.5, 0.6) is 0 Å². The van der Waals surface area contributed by atoms with Gasteiger partial charge >= 0.3 is 0 Å². The third-order valence-electron chi connectivity index (χ3n) is 2.42. The minimum Gasteiger partial charge on any atom is -0.297 e. The second-order valence-electron chi connectivity index (χ2n) is 3.88. The largest absolute Gasteiger partial charge is 0.297 e. The average molecular weight is 182 g/mol. The van der Waals surface area contributed by atoms with Crippen LogP contribution < -0.4 is 0 Å². The lowest BCUT2D eigenvalue weighted by Gasteiger charge is -2.31. The van der Waals surface area contributed by atoms with Gasteiger partial charge in [0, 0.05) is 25.0 Å². The number of nitrogens with zero attached hydrogens (tertiary/aromatic N) is 2. The Morgan fingerprint density at radius 2 is 1.92 bits per heavy atom. The van der Waals surface area contributed by atoms with Gasteiger partial charge in [0.15, 0.2) is 0 Å². The summed E-state index contributed by atoms with van der Waals surface area (Å²) in [5.74, 6) is 0. The summed E-state index contributed by atoms with van der Waals surface area (Å²) in [7, 11) is 0. The minimum atomic E-state index is 0.551. The molecular weight excluding hydrogens is 160 g/mol. The molecule has 0 aromatic carbocycles. The molecule has 0 spiro atoms. The second-order valence-corrected chi connectivity index (χ2v) is 3.88. The molecule has 0 bridgehead atoms. The number of nitriles is 1. The van der Waals surface area contributed by atoms with E-state index in [9.17, 15) is 0 Å². The van der Waals surface area contributed by atoms with Crippen molar-refractivity contribution in [2.24, 2.45) is 0 Å². The maximum Gasteiger partial charge on any atom is 0.0635 e. The van der Waals surface area contributed by atoms with Gasteiger partial charge in [-0.25, -0.2) is 0 Å². The van der Waals surface area contributed by atoms with Crippen LogP contribution in [0.3, 0.4) is 0 Å². The van der Waals surface area contributed by atoms with Gasteiger partial charge in [-0.05, 0) is 27.2 Å². The van der Waals surface area contributed by atoms with Gasteiger partial charge in [-0.15, -0.1) is 0 Å². The van der Waals surface area contributed by atoms with Crippen molar-refractivity contribution in [3.63, 3.8) is 0 Å². The molecule has 0 rings (SSSR count). The highest BCUT2D eigenvalue weighted by Crippen LogP contribution is 2.10. The molecule has 0 amide bonds. The summed E-state index contributed by atoms with van der Waals surface area (Å²) in [4.78, 5) is 2.41. The van der Waals surface area contributed by atoms with Crippen LogP contribution in [-0.2, 0) is 0 Å². The standard InChI is InChI=1S/C11H22N2/c1-5-7-11(4)13(10(2)3)9-6-8-12/h10-11H,5-7,9H2,1-4H3. The van der Waals surface area contributed by atoms with Gasteiger partial charge < -0.3 is 0 Å². The van der Waals surface area contributed by atoms with E-state index in [4.69, 9.17) is 5.26 Å². The van der Waals surface area contributed by atoms with Gasteiger partial charge in [0.05, 0.1) is 6.07 Å². The second kappa shape index (κ2) is 6.91. The SMILES string of the molecule is CCCC(C)N(CCC#N)C(C)C. The van der Waals surface area contributed by atoms with Crippen molar-refractivity contribution in [1.29, 1.82) is 5.26 Å². The molecule has 0 N–H and O–H groups in total. The first-order valence-corrected chi connectivity index (χ1v) is 5.26. The van der Waals surface area contributed by atoms with Crippen molar-refractivity contribution in [3.05, 3.63) is 0 Å². The Kier molecular flexibility index (Phi) is 6.62. The van der Waals surface area contributed by atoms with Gasteiger partial charge in [-0.3, -0.25) is 4.90 Å². The summed E-state index contributed by atoms with van der Waals surface area (Å²) in [6, 6.07) is 3.37. The van der Waals surface area contributed by atoms with Crippen LogP contribution in [0.1, 0.15) is 47.0 Å². The third kappa shape index (κ3) is 4.90. The lowest BCUT2D eigenvalue weighted by Crippen LogP contribution is -2.39. The highest BCUT2D eigenvalue weighted by atomic mass is 15.2. The molecule has 0 fully saturated rings. The van der Waals surface area contributed by atoms with Crippen molar-refractivity contribution in [2.45, 2.75) is 59.0 Å². The maximum atomic E-state index is 8.53. The zero-order valence-electron chi connectivity index (χ0n) is 9.38. The zero-order valence-corrected chi connectivity index (χ0v) is 9.38. The summed E-state index contributed by atoms with van der Waals surface area (Å²) < 4.78 is 0. The Morgan fingerprint density at radius 1 is 1.31 bits per heavy atom. The number of rotatable bonds is 6. The smallest absolute Gasteiger partial charge is 0.0635 e. The predicted octanol–water partition coefficient (Wildman–Crippen LogP) is 2.80. The van der Waals surface area contributed by atoms with E-state index in [2.05, 4.69) is 38.7 Å². The molecule has 1 atom stereocenters. The van der Waals surface area contributed by atoms with E-state index in [1.54, 1.807) is 0 Å². The van der Waals surface area contributed by atoms with E-state index >= 15 is 0 Å². The average Bonchev–Trinajstić information content (AvgIpc) is 2.05. The molecule has 0 saturated heterocycles. The van der Waals surface area contributed by atoms with Crippen LogP contribution in [0.25, 0.3) is 0 Å². The van der Waals surface area contributed by atoms with Crippen molar-refractivity contribution in [2.75, 3.05) is 6.54 Å². The monoisotopic (exact) mass is 182 g/mol. The Hall–Kier alpha value is -0.550. The van der Waals surface area contributed by atoms with Crippen molar-refractivity contribution in [1.82, 2.24) is 4.90 Å². The fourth-order valence-corrected chi connectivity index (χ4v) is 1.75. The summed E-state index contributed by atoms with van der Waals surface area (Å²) in [5.41, 5.74) is 0. The molecule has 0 aromatic heterocycles. The predicted molar refractivity (Wildman–Crippen MR) is 56.4 cm³/mol. The topological polar surface area (TPSA) is 27.0 Å². The van der Waals surface area contributed by atoms with Crippen molar-refractivity contribution < 1.29 is 0 Å². The summed E-state index contributed by atoms with van der Waals surface area (Å²) in [5, 5.41) is 8.53. The van der Waals surface area contributed by atoms with Gasteiger partial charge in [-0.1, -0.05) is 13.3 Å². The highest BCUT2D eigenvalue weighted by molar-refractivity contribution is 4.77. The Labute approximate surface area is 82.5 Å². The van der Waals surface area contributed by atoms with Gasteiger partial charge in [0.2, 0.25) is 0 Å². The molecule has 0 saturated carbocycles. The molecule has 0 heterocycles. The summed E-state index contributed by atoms with van der Waals surface area (Å²) in [6.45, 7) is 9.77. The van der Waals surface area contributed by atoms with E-state index in [0.29, 0.717) is 18.5 Å². The molecule has 1 unspecified atom stereocenters. The van der Waals surface area contributed by atoms with E-state index in [0.717, 1.165) is 6.54 Å². The van der Waals surface area contributed by atoms with Gasteiger partial charge in [0.1, 0.15) is 0 Å². The zero-order chi connectivity index (χ0) is 10.3. The van der Waals surface area contributed by atoms with E-state index < -0.39 is 0 Å². The summed E-state index contributed by atoms with van der Waals surface area (Å²) >= 11 is 0. The molecule has 2 nitrogen and oxygen atoms in total. The number of hydrogen-bond acceptors (Lipinski definition) is 2. The quantitative estimate of drug-likeness (QED) is 0.631. The molecular formula is C11H22N2. The van der Waals surface area contributed by atoms with Crippen LogP contribution in [0, 0.1) is 11.3 Å². The Morgan fingerprint density at radius 3 is 2.31 bits per heavy atom. The van der Waals surface area contributed by atoms with Crippen LogP contribution in [-0.4, -0.2) is 23.5 Å². The van der Waals surface area contributed by atoms with E-state index in [-0.39, 0.29) is 0 Å². The van der Waals surface area contributed by atoms with Gasteiger partial charge in [-0.2, -0.15) is 5.26 Å². The highest BCUT2D eigenvalue weighted by Gasteiger charge is 2.15. The molecule has 0 aromatic rings. The molecule has 0 aliphatic rings. The number of hydrogen-bond donors (Lipinski definition) is 0. The lowest BCUT2D eigenvalue weighted by molar-refractivity contribution is 0.159. The van der Waals surface area contributed by atoms with E-state index in [1.807, 2.05) is 0 Å². The third-order valence-corrected chi connectivity index (χ3v) is 2.42. The first kappa shape index (κ1) is 12.4. The van der Waals surface area contributed by atoms with Crippen LogP contribution in [0.2, 0.25) is 0 Å². The minimum absolute atomic E-state index is 0.551. The first-order valence-electron chi connectivity index (χ1n) is 5.26. The van der Waals surface area contributed by atoms with Crippen LogP contribution >= 0.6 is 0 Å². The fraction of sp³-hybridized carbons (Fsp3) is 0.909. The van der Waals surface area contributed by atoms with Crippen molar-refractivity contribution in [3.8, 4) is 6.07 Å².